The third-order valence-electron chi connectivity index (χ3n) is 4.76. The van der Waals surface area contributed by atoms with Crippen molar-refractivity contribution < 1.29 is 14.7 Å². The van der Waals surface area contributed by atoms with Crippen molar-refractivity contribution in [2.24, 2.45) is 5.73 Å². The van der Waals surface area contributed by atoms with Gasteiger partial charge in [-0.05, 0) is 61.0 Å². The number of carbonyl (C=O) groups excluding carboxylic acids is 2. The van der Waals surface area contributed by atoms with Gasteiger partial charge in [-0.2, -0.15) is 11.8 Å². The van der Waals surface area contributed by atoms with E-state index in [2.05, 4.69) is 22.8 Å². The molecule has 2 rings (SSSR count). The number of aromatic hydroxyl groups is 1. The van der Waals surface area contributed by atoms with Crippen molar-refractivity contribution in [1.29, 1.82) is 0 Å². The van der Waals surface area contributed by atoms with Gasteiger partial charge in [0.25, 0.3) is 0 Å². The minimum atomic E-state index is -0.766. The normalized spacial score (nSPS) is 12.7. The summed E-state index contributed by atoms with van der Waals surface area (Å²) in [5.41, 5.74) is 8.12. The van der Waals surface area contributed by atoms with Gasteiger partial charge in [-0.15, -0.1) is 0 Å². The first-order chi connectivity index (χ1) is 14.5. The van der Waals surface area contributed by atoms with E-state index in [1.54, 1.807) is 36.0 Å². The van der Waals surface area contributed by atoms with E-state index >= 15 is 0 Å². The number of nitrogens with one attached hydrogen (secondary N) is 2. The van der Waals surface area contributed by atoms with Crippen LogP contribution in [0.4, 0.5) is 0 Å². The van der Waals surface area contributed by atoms with Crippen molar-refractivity contribution >= 4 is 23.6 Å². The molecular weight excluding hydrogens is 398 g/mol. The summed E-state index contributed by atoms with van der Waals surface area (Å²) >= 11 is 1.63. The monoisotopic (exact) mass is 429 g/mol. The summed E-state index contributed by atoms with van der Waals surface area (Å²) in [6, 6.07) is 15.3. The first-order valence-corrected chi connectivity index (χ1v) is 11.5. The summed E-state index contributed by atoms with van der Waals surface area (Å²) in [5, 5.41) is 15.1. The minimum absolute atomic E-state index is 0.165. The predicted molar refractivity (Wildman–Crippen MR) is 122 cm³/mol. The van der Waals surface area contributed by atoms with Crippen LogP contribution in [0.2, 0.25) is 0 Å². The van der Waals surface area contributed by atoms with Crippen LogP contribution in [0.5, 0.6) is 5.75 Å². The van der Waals surface area contributed by atoms with Gasteiger partial charge in [0, 0.05) is 6.54 Å². The molecule has 0 saturated carbocycles. The number of carbonyl (C=O) groups is 2. The van der Waals surface area contributed by atoms with E-state index in [1.165, 1.54) is 5.56 Å². The van der Waals surface area contributed by atoms with Crippen LogP contribution in [0, 0.1) is 0 Å². The average Bonchev–Trinajstić information content (AvgIpc) is 2.76. The quantitative estimate of drug-likeness (QED) is 0.388. The molecule has 0 spiro atoms. The maximum atomic E-state index is 12.6. The first-order valence-electron chi connectivity index (χ1n) is 10.1. The first kappa shape index (κ1) is 23.8. The number of benzene rings is 2. The van der Waals surface area contributed by atoms with Gasteiger partial charge in [0.1, 0.15) is 11.8 Å². The lowest BCUT2D eigenvalue weighted by Gasteiger charge is -2.20. The number of phenols is 1. The van der Waals surface area contributed by atoms with Crippen LogP contribution in [-0.2, 0) is 22.4 Å². The second-order valence-electron chi connectivity index (χ2n) is 7.20. The molecule has 0 aromatic heterocycles. The summed E-state index contributed by atoms with van der Waals surface area (Å²) in [6.45, 7) is 0.554. The van der Waals surface area contributed by atoms with Gasteiger partial charge in [0.15, 0.2) is 0 Å². The van der Waals surface area contributed by atoms with E-state index < -0.39 is 12.1 Å². The van der Waals surface area contributed by atoms with Crippen LogP contribution in [-0.4, -0.2) is 47.6 Å². The number of rotatable bonds is 12. The van der Waals surface area contributed by atoms with Crippen LogP contribution in [0.15, 0.2) is 54.6 Å². The standard InChI is InChI=1S/C23H31N3O3S/c1-30-15-13-21(23(29)25-14-5-8-17-6-3-2-4-7-17)26-22(28)20(24)16-18-9-11-19(27)12-10-18/h2-4,6-7,9-12,20-21,27H,5,8,13-16,24H2,1H3,(H,25,29)(H,26,28)/t20?,21-/m1/s1. The van der Waals surface area contributed by atoms with Crippen molar-refractivity contribution in [3.63, 3.8) is 0 Å². The van der Waals surface area contributed by atoms with Crippen LogP contribution in [0.1, 0.15) is 24.0 Å². The predicted octanol–water partition coefficient (Wildman–Crippen LogP) is 2.25. The van der Waals surface area contributed by atoms with Gasteiger partial charge in [-0.1, -0.05) is 42.5 Å². The summed E-state index contributed by atoms with van der Waals surface area (Å²) < 4.78 is 0. The zero-order valence-corrected chi connectivity index (χ0v) is 18.2. The lowest BCUT2D eigenvalue weighted by Crippen LogP contribution is -2.52. The number of hydrogen-bond donors (Lipinski definition) is 4. The molecule has 2 amide bonds. The molecule has 162 valence electrons. The van der Waals surface area contributed by atoms with Gasteiger partial charge < -0.3 is 21.5 Å². The number of hydrogen-bond acceptors (Lipinski definition) is 5. The van der Waals surface area contributed by atoms with Gasteiger partial charge in [-0.25, -0.2) is 0 Å². The average molecular weight is 430 g/mol. The number of amides is 2. The van der Waals surface area contributed by atoms with E-state index in [0.29, 0.717) is 19.4 Å². The number of thioether (sulfide) groups is 1. The molecule has 0 saturated heterocycles. The molecule has 0 radical (unpaired) electrons. The maximum Gasteiger partial charge on any atom is 0.242 e. The Labute approximate surface area is 182 Å². The van der Waals surface area contributed by atoms with Crippen molar-refractivity contribution in [1.82, 2.24) is 10.6 Å². The highest BCUT2D eigenvalue weighted by molar-refractivity contribution is 7.98. The Balaban J connectivity index is 1.82. The van der Waals surface area contributed by atoms with Crippen molar-refractivity contribution in [3.05, 3.63) is 65.7 Å². The van der Waals surface area contributed by atoms with Gasteiger partial charge in [0.05, 0.1) is 6.04 Å². The zero-order valence-electron chi connectivity index (χ0n) is 17.3. The van der Waals surface area contributed by atoms with Crippen molar-refractivity contribution in [3.8, 4) is 5.75 Å². The van der Waals surface area contributed by atoms with Gasteiger partial charge in [0.2, 0.25) is 11.8 Å². The van der Waals surface area contributed by atoms with Crippen LogP contribution >= 0.6 is 11.8 Å². The molecule has 2 aromatic rings. The molecule has 0 bridgehead atoms. The molecule has 0 heterocycles. The Hall–Kier alpha value is -2.51. The Morgan fingerprint density at radius 2 is 1.73 bits per heavy atom. The fourth-order valence-electron chi connectivity index (χ4n) is 3.03. The molecule has 0 aliphatic rings. The molecule has 2 atom stereocenters. The van der Waals surface area contributed by atoms with Crippen molar-refractivity contribution in [2.75, 3.05) is 18.6 Å². The molecule has 0 aliphatic heterocycles. The number of phenolic OH excluding ortho intramolecular Hbond substituents is 1. The second-order valence-corrected chi connectivity index (χ2v) is 8.19. The molecule has 7 heteroatoms. The molecule has 6 nitrogen and oxygen atoms in total. The van der Waals surface area contributed by atoms with Crippen LogP contribution < -0.4 is 16.4 Å². The summed E-state index contributed by atoms with van der Waals surface area (Å²) in [5.74, 6) is 0.393. The summed E-state index contributed by atoms with van der Waals surface area (Å²) in [7, 11) is 0. The van der Waals surface area contributed by atoms with E-state index in [4.69, 9.17) is 5.73 Å². The molecule has 0 fully saturated rings. The Kier molecular flexibility index (Phi) is 10.2. The third kappa shape index (κ3) is 8.47. The zero-order chi connectivity index (χ0) is 21.8. The van der Waals surface area contributed by atoms with Gasteiger partial charge >= 0.3 is 0 Å². The molecule has 0 aliphatic carbocycles. The highest BCUT2D eigenvalue weighted by Crippen LogP contribution is 2.11. The number of aryl methyl sites for hydroxylation is 1. The van der Waals surface area contributed by atoms with E-state index in [1.807, 2.05) is 24.5 Å². The molecule has 30 heavy (non-hydrogen) atoms. The molecular formula is C23H31N3O3S. The summed E-state index contributed by atoms with van der Waals surface area (Å²) in [4.78, 5) is 25.1. The lowest BCUT2D eigenvalue weighted by molar-refractivity contribution is -0.129. The molecule has 2 aromatic carbocycles. The van der Waals surface area contributed by atoms with E-state index in [-0.39, 0.29) is 17.6 Å². The highest BCUT2D eigenvalue weighted by Gasteiger charge is 2.23. The second kappa shape index (κ2) is 12.9. The van der Waals surface area contributed by atoms with Crippen LogP contribution in [0.3, 0.4) is 0 Å². The fourth-order valence-corrected chi connectivity index (χ4v) is 3.51. The highest BCUT2D eigenvalue weighted by atomic mass is 32.2. The smallest absolute Gasteiger partial charge is 0.242 e. The van der Waals surface area contributed by atoms with Gasteiger partial charge in [-0.3, -0.25) is 9.59 Å². The third-order valence-corrected chi connectivity index (χ3v) is 5.40. The maximum absolute atomic E-state index is 12.6. The minimum Gasteiger partial charge on any atom is -0.508 e. The molecule has 5 N–H and O–H groups in total. The SMILES string of the molecule is CSCC[C@@H](NC(=O)C(N)Cc1ccc(O)cc1)C(=O)NCCCc1ccccc1. The fraction of sp³-hybridized carbons (Fsp3) is 0.391. The largest absolute Gasteiger partial charge is 0.508 e. The van der Waals surface area contributed by atoms with Crippen molar-refractivity contribution in [2.45, 2.75) is 37.8 Å². The Bertz CT molecular complexity index is 784. The number of nitrogens with two attached hydrogens (primary N) is 1. The van der Waals surface area contributed by atoms with E-state index in [9.17, 15) is 14.7 Å². The molecule has 1 unspecified atom stereocenters. The Morgan fingerprint density at radius 3 is 2.40 bits per heavy atom. The Morgan fingerprint density at radius 1 is 1.03 bits per heavy atom. The lowest BCUT2D eigenvalue weighted by atomic mass is 10.1. The topological polar surface area (TPSA) is 104 Å². The van der Waals surface area contributed by atoms with Crippen LogP contribution in [0.25, 0.3) is 0 Å². The summed E-state index contributed by atoms with van der Waals surface area (Å²) in [6.07, 6.45) is 4.57. The van der Waals surface area contributed by atoms with E-state index in [0.717, 1.165) is 24.2 Å².